The maximum absolute atomic E-state index is 5.86. The van der Waals surface area contributed by atoms with E-state index in [0.717, 1.165) is 19.4 Å². The lowest BCUT2D eigenvalue weighted by molar-refractivity contribution is 0.702. The minimum absolute atomic E-state index is 0.343. The van der Waals surface area contributed by atoms with Crippen molar-refractivity contribution in [1.29, 1.82) is 0 Å². The van der Waals surface area contributed by atoms with Gasteiger partial charge in [-0.25, -0.2) is 0 Å². The fraction of sp³-hybridized carbons (Fsp3) is 0.571. The first-order valence-electron chi connectivity index (χ1n) is 6.08. The van der Waals surface area contributed by atoms with Gasteiger partial charge in [0.05, 0.1) is 0 Å². The van der Waals surface area contributed by atoms with Crippen LogP contribution in [0.1, 0.15) is 43.4 Å². The molecule has 0 atom stereocenters. The average Bonchev–Trinajstić information content (AvgIpc) is 3.09. The normalized spacial score (nSPS) is 17.8. The number of hydrogen-bond donors (Lipinski definition) is 1. The molecule has 15 heavy (non-hydrogen) atoms. The van der Waals surface area contributed by atoms with Gasteiger partial charge in [0.1, 0.15) is 0 Å². The van der Waals surface area contributed by atoms with E-state index >= 15 is 0 Å². The third-order valence-electron chi connectivity index (χ3n) is 3.82. The van der Waals surface area contributed by atoms with E-state index in [1.807, 2.05) is 0 Å². The summed E-state index contributed by atoms with van der Waals surface area (Å²) in [7, 11) is 0. The molecule has 0 unspecified atom stereocenters. The Hall–Kier alpha value is -0.820. The molecular weight excluding hydrogens is 182 g/mol. The standard InChI is InChI=1S/C14H21N/c1-3-11-5-6-13(9-12(11)4-2)14(10-15)7-8-14/h5-6,9H,3-4,7-8,10,15H2,1-2H3. The average molecular weight is 203 g/mol. The van der Waals surface area contributed by atoms with Crippen molar-refractivity contribution in [2.45, 2.75) is 44.9 Å². The van der Waals surface area contributed by atoms with Crippen molar-refractivity contribution in [1.82, 2.24) is 0 Å². The summed E-state index contributed by atoms with van der Waals surface area (Å²) in [5, 5.41) is 0. The molecule has 2 N–H and O–H groups in total. The summed E-state index contributed by atoms with van der Waals surface area (Å²) >= 11 is 0. The second kappa shape index (κ2) is 3.97. The van der Waals surface area contributed by atoms with Crippen LogP contribution >= 0.6 is 0 Å². The lowest BCUT2D eigenvalue weighted by Crippen LogP contribution is -2.20. The van der Waals surface area contributed by atoms with E-state index in [1.165, 1.54) is 29.5 Å². The zero-order chi connectivity index (χ0) is 10.9. The smallest absolute Gasteiger partial charge is 0.00763 e. The van der Waals surface area contributed by atoms with E-state index < -0.39 is 0 Å². The fourth-order valence-corrected chi connectivity index (χ4v) is 2.39. The Kier molecular flexibility index (Phi) is 2.83. The Morgan fingerprint density at radius 2 is 1.80 bits per heavy atom. The van der Waals surface area contributed by atoms with E-state index in [-0.39, 0.29) is 0 Å². The van der Waals surface area contributed by atoms with Crippen LogP contribution in [0.4, 0.5) is 0 Å². The Balaban J connectivity index is 2.35. The van der Waals surface area contributed by atoms with Gasteiger partial charge in [0.2, 0.25) is 0 Å². The summed E-state index contributed by atoms with van der Waals surface area (Å²) in [5.41, 5.74) is 10.7. The molecule has 1 aromatic carbocycles. The van der Waals surface area contributed by atoms with Gasteiger partial charge in [-0.15, -0.1) is 0 Å². The number of hydrogen-bond acceptors (Lipinski definition) is 1. The summed E-state index contributed by atoms with van der Waals surface area (Å²) in [4.78, 5) is 0. The molecule has 0 aromatic heterocycles. The largest absolute Gasteiger partial charge is 0.330 e. The topological polar surface area (TPSA) is 26.0 Å². The highest BCUT2D eigenvalue weighted by molar-refractivity contribution is 5.39. The van der Waals surface area contributed by atoms with Crippen LogP contribution in [-0.2, 0) is 18.3 Å². The number of benzene rings is 1. The van der Waals surface area contributed by atoms with Crippen LogP contribution in [0.5, 0.6) is 0 Å². The van der Waals surface area contributed by atoms with Gasteiger partial charge in [0.15, 0.2) is 0 Å². The zero-order valence-electron chi connectivity index (χ0n) is 9.84. The number of rotatable bonds is 4. The molecule has 1 aromatic rings. The predicted octanol–water partition coefficient (Wildman–Crippen LogP) is 2.80. The van der Waals surface area contributed by atoms with E-state index in [0.29, 0.717) is 5.41 Å². The maximum Gasteiger partial charge on any atom is 0.00763 e. The highest BCUT2D eigenvalue weighted by Gasteiger charge is 2.42. The molecule has 0 spiro atoms. The van der Waals surface area contributed by atoms with Gasteiger partial charge in [0.25, 0.3) is 0 Å². The van der Waals surface area contributed by atoms with E-state index in [4.69, 9.17) is 5.73 Å². The Bertz CT molecular complexity index is 350. The molecule has 0 aliphatic heterocycles. The predicted molar refractivity (Wildman–Crippen MR) is 65.2 cm³/mol. The molecule has 0 bridgehead atoms. The highest BCUT2D eigenvalue weighted by atomic mass is 14.7. The third kappa shape index (κ3) is 1.81. The fourth-order valence-electron chi connectivity index (χ4n) is 2.39. The third-order valence-corrected chi connectivity index (χ3v) is 3.82. The van der Waals surface area contributed by atoms with Gasteiger partial charge in [-0.3, -0.25) is 0 Å². The molecule has 0 saturated heterocycles. The van der Waals surface area contributed by atoms with Crippen molar-refractivity contribution in [3.8, 4) is 0 Å². The lowest BCUT2D eigenvalue weighted by atomic mass is 9.91. The maximum atomic E-state index is 5.86. The van der Waals surface area contributed by atoms with Crippen LogP contribution in [0.2, 0.25) is 0 Å². The molecule has 1 saturated carbocycles. The quantitative estimate of drug-likeness (QED) is 0.800. The van der Waals surface area contributed by atoms with Gasteiger partial charge >= 0.3 is 0 Å². The van der Waals surface area contributed by atoms with Gasteiger partial charge in [-0.1, -0.05) is 32.0 Å². The first kappa shape index (κ1) is 10.7. The summed E-state index contributed by atoms with van der Waals surface area (Å²) in [6.45, 7) is 5.27. The molecule has 0 radical (unpaired) electrons. The Labute approximate surface area is 92.7 Å². The molecule has 2 rings (SSSR count). The van der Waals surface area contributed by atoms with Crippen molar-refractivity contribution in [2.24, 2.45) is 5.73 Å². The molecule has 1 aliphatic carbocycles. The monoisotopic (exact) mass is 203 g/mol. The van der Waals surface area contributed by atoms with Crippen LogP contribution < -0.4 is 5.73 Å². The molecule has 0 amide bonds. The molecule has 82 valence electrons. The first-order chi connectivity index (χ1) is 7.25. The first-order valence-corrected chi connectivity index (χ1v) is 6.08. The van der Waals surface area contributed by atoms with Crippen LogP contribution in [0.15, 0.2) is 18.2 Å². The minimum Gasteiger partial charge on any atom is -0.330 e. The summed E-state index contributed by atoms with van der Waals surface area (Å²) in [6.07, 6.45) is 4.83. The van der Waals surface area contributed by atoms with Gasteiger partial charge in [0, 0.05) is 12.0 Å². The van der Waals surface area contributed by atoms with Crippen LogP contribution in [0, 0.1) is 0 Å². The van der Waals surface area contributed by atoms with Gasteiger partial charge < -0.3 is 5.73 Å². The number of nitrogens with two attached hydrogens (primary N) is 1. The summed E-state index contributed by atoms with van der Waals surface area (Å²) in [5.74, 6) is 0. The van der Waals surface area contributed by atoms with Crippen molar-refractivity contribution >= 4 is 0 Å². The van der Waals surface area contributed by atoms with Crippen molar-refractivity contribution in [2.75, 3.05) is 6.54 Å². The zero-order valence-corrected chi connectivity index (χ0v) is 9.84. The van der Waals surface area contributed by atoms with E-state index in [2.05, 4.69) is 32.0 Å². The number of aryl methyl sites for hydroxylation is 2. The Morgan fingerprint density at radius 1 is 1.13 bits per heavy atom. The molecule has 1 fully saturated rings. The summed E-state index contributed by atoms with van der Waals surface area (Å²) < 4.78 is 0. The Morgan fingerprint density at radius 3 is 2.27 bits per heavy atom. The van der Waals surface area contributed by atoms with E-state index in [1.54, 1.807) is 0 Å². The van der Waals surface area contributed by atoms with E-state index in [9.17, 15) is 0 Å². The molecule has 0 heterocycles. The molecule has 1 heteroatoms. The van der Waals surface area contributed by atoms with Crippen molar-refractivity contribution < 1.29 is 0 Å². The van der Waals surface area contributed by atoms with Gasteiger partial charge in [-0.05, 0) is 42.4 Å². The van der Waals surface area contributed by atoms with Crippen molar-refractivity contribution in [3.63, 3.8) is 0 Å². The SMILES string of the molecule is CCc1ccc(C2(CN)CC2)cc1CC. The minimum atomic E-state index is 0.343. The van der Waals surface area contributed by atoms with Gasteiger partial charge in [-0.2, -0.15) is 0 Å². The molecule has 1 nitrogen and oxygen atoms in total. The molecular formula is C14H21N. The summed E-state index contributed by atoms with van der Waals surface area (Å²) in [6, 6.07) is 6.97. The second-order valence-corrected chi connectivity index (χ2v) is 4.68. The van der Waals surface area contributed by atoms with Crippen LogP contribution in [0.3, 0.4) is 0 Å². The molecule has 1 aliphatic rings. The lowest BCUT2D eigenvalue weighted by Gasteiger charge is -2.16. The van der Waals surface area contributed by atoms with Crippen LogP contribution in [-0.4, -0.2) is 6.54 Å². The second-order valence-electron chi connectivity index (χ2n) is 4.68. The van der Waals surface area contributed by atoms with Crippen molar-refractivity contribution in [3.05, 3.63) is 34.9 Å². The van der Waals surface area contributed by atoms with Crippen LogP contribution in [0.25, 0.3) is 0 Å². The highest BCUT2D eigenvalue weighted by Crippen LogP contribution is 2.47.